The zero-order valence-electron chi connectivity index (χ0n) is 9.99. The predicted molar refractivity (Wildman–Crippen MR) is 58.6 cm³/mol. The SMILES string of the molecule is CCOC(C)C(=O)OC1CCCC(C)C1. The molecule has 3 nitrogen and oxygen atoms in total. The molecule has 3 atom stereocenters. The van der Waals surface area contributed by atoms with Crippen molar-refractivity contribution < 1.29 is 14.3 Å². The van der Waals surface area contributed by atoms with Crippen LogP contribution in [0.15, 0.2) is 0 Å². The molecule has 0 aromatic carbocycles. The summed E-state index contributed by atoms with van der Waals surface area (Å²) in [5.41, 5.74) is 0. The van der Waals surface area contributed by atoms with E-state index in [1.165, 1.54) is 12.8 Å². The lowest BCUT2D eigenvalue weighted by Crippen LogP contribution is -2.30. The summed E-state index contributed by atoms with van der Waals surface area (Å²) in [7, 11) is 0. The van der Waals surface area contributed by atoms with E-state index in [4.69, 9.17) is 9.47 Å². The van der Waals surface area contributed by atoms with Crippen molar-refractivity contribution >= 4 is 5.97 Å². The molecule has 0 aromatic rings. The van der Waals surface area contributed by atoms with Crippen molar-refractivity contribution in [2.75, 3.05) is 6.61 Å². The lowest BCUT2D eigenvalue weighted by molar-refractivity contribution is -0.163. The Hall–Kier alpha value is -0.570. The van der Waals surface area contributed by atoms with Crippen molar-refractivity contribution in [2.45, 2.75) is 58.7 Å². The van der Waals surface area contributed by atoms with Crippen molar-refractivity contribution in [1.82, 2.24) is 0 Å². The van der Waals surface area contributed by atoms with Gasteiger partial charge >= 0.3 is 5.97 Å². The van der Waals surface area contributed by atoms with Crippen molar-refractivity contribution in [3.63, 3.8) is 0 Å². The summed E-state index contributed by atoms with van der Waals surface area (Å²) in [5.74, 6) is 0.467. The Bertz CT molecular complexity index is 203. The number of hydrogen-bond donors (Lipinski definition) is 0. The zero-order valence-corrected chi connectivity index (χ0v) is 9.99. The van der Waals surface area contributed by atoms with E-state index >= 15 is 0 Å². The van der Waals surface area contributed by atoms with E-state index in [9.17, 15) is 4.79 Å². The third kappa shape index (κ3) is 4.20. The van der Waals surface area contributed by atoms with Gasteiger partial charge in [-0.3, -0.25) is 0 Å². The third-order valence-electron chi connectivity index (χ3n) is 2.92. The van der Waals surface area contributed by atoms with Gasteiger partial charge in [-0.05, 0) is 39.0 Å². The Morgan fingerprint density at radius 2 is 2.20 bits per heavy atom. The van der Waals surface area contributed by atoms with Gasteiger partial charge in [-0.15, -0.1) is 0 Å². The molecule has 1 saturated carbocycles. The lowest BCUT2D eigenvalue weighted by atomic mass is 9.89. The van der Waals surface area contributed by atoms with Crippen LogP contribution in [0.1, 0.15) is 46.5 Å². The van der Waals surface area contributed by atoms with Crippen LogP contribution in [0.5, 0.6) is 0 Å². The van der Waals surface area contributed by atoms with Gasteiger partial charge in [0, 0.05) is 6.61 Å². The van der Waals surface area contributed by atoms with Crippen molar-refractivity contribution in [3.8, 4) is 0 Å². The first kappa shape index (κ1) is 12.5. The zero-order chi connectivity index (χ0) is 11.3. The fraction of sp³-hybridized carbons (Fsp3) is 0.917. The highest BCUT2D eigenvalue weighted by atomic mass is 16.6. The van der Waals surface area contributed by atoms with E-state index < -0.39 is 6.10 Å². The normalized spacial score (nSPS) is 28.5. The average Bonchev–Trinajstić information content (AvgIpc) is 2.18. The van der Waals surface area contributed by atoms with Crippen molar-refractivity contribution in [2.24, 2.45) is 5.92 Å². The van der Waals surface area contributed by atoms with Gasteiger partial charge in [-0.2, -0.15) is 0 Å². The molecule has 1 fully saturated rings. The highest BCUT2D eigenvalue weighted by Gasteiger charge is 2.24. The second-order valence-corrected chi connectivity index (χ2v) is 4.43. The van der Waals surface area contributed by atoms with E-state index in [0.29, 0.717) is 12.5 Å². The fourth-order valence-corrected chi connectivity index (χ4v) is 2.06. The molecule has 1 aliphatic carbocycles. The number of ether oxygens (including phenoxy) is 2. The summed E-state index contributed by atoms with van der Waals surface area (Å²) in [4.78, 5) is 11.6. The molecule has 0 saturated heterocycles. The van der Waals surface area contributed by atoms with E-state index in [1.54, 1.807) is 6.92 Å². The van der Waals surface area contributed by atoms with Gasteiger partial charge < -0.3 is 9.47 Å². The molecule has 1 rings (SSSR count). The van der Waals surface area contributed by atoms with Crippen molar-refractivity contribution in [3.05, 3.63) is 0 Å². The fourth-order valence-electron chi connectivity index (χ4n) is 2.06. The highest BCUT2D eigenvalue weighted by molar-refractivity contribution is 5.74. The standard InChI is InChI=1S/C12H22O3/c1-4-14-10(3)12(13)15-11-7-5-6-9(2)8-11/h9-11H,4-8H2,1-3H3. The van der Waals surface area contributed by atoms with Gasteiger partial charge in [0.05, 0.1) is 0 Å². The molecule has 3 heteroatoms. The van der Waals surface area contributed by atoms with Crippen LogP contribution >= 0.6 is 0 Å². The van der Waals surface area contributed by atoms with Crippen LogP contribution < -0.4 is 0 Å². The van der Waals surface area contributed by atoms with Gasteiger partial charge in [-0.1, -0.05) is 13.3 Å². The topological polar surface area (TPSA) is 35.5 Å². The van der Waals surface area contributed by atoms with Crippen LogP contribution in [-0.4, -0.2) is 24.8 Å². The van der Waals surface area contributed by atoms with E-state index in [1.807, 2.05) is 6.92 Å². The molecule has 88 valence electrons. The Balaban J connectivity index is 2.30. The molecule has 3 unspecified atom stereocenters. The van der Waals surface area contributed by atoms with Gasteiger partial charge in [0.2, 0.25) is 0 Å². The van der Waals surface area contributed by atoms with Crippen LogP contribution in [0.4, 0.5) is 0 Å². The monoisotopic (exact) mass is 214 g/mol. The van der Waals surface area contributed by atoms with Gasteiger partial charge in [0.15, 0.2) is 6.10 Å². The van der Waals surface area contributed by atoms with Gasteiger partial charge in [0.1, 0.15) is 6.10 Å². The first-order chi connectivity index (χ1) is 7.13. The second kappa shape index (κ2) is 6.11. The Labute approximate surface area is 92.1 Å². The van der Waals surface area contributed by atoms with Crippen LogP contribution in [0.25, 0.3) is 0 Å². The minimum absolute atomic E-state index is 0.115. The summed E-state index contributed by atoms with van der Waals surface area (Å²) in [6.07, 6.45) is 4.13. The first-order valence-electron chi connectivity index (χ1n) is 5.95. The molecular formula is C12H22O3. The summed E-state index contributed by atoms with van der Waals surface area (Å²) in [6.45, 7) is 6.40. The molecule has 0 radical (unpaired) electrons. The Kier molecular flexibility index (Phi) is 5.09. The first-order valence-corrected chi connectivity index (χ1v) is 5.95. The minimum Gasteiger partial charge on any atom is -0.460 e. The molecule has 0 amide bonds. The molecule has 0 aliphatic heterocycles. The Morgan fingerprint density at radius 1 is 1.47 bits per heavy atom. The maximum absolute atomic E-state index is 11.6. The second-order valence-electron chi connectivity index (χ2n) is 4.43. The lowest BCUT2D eigenvalue weighted by Gasteiger charge is -2.27. The molecule has 1 aliphatic rings. The quantitative estimate of drug-likeness (QED) is 0.675. The van der Waals surface area contributed by atoms with Crippen molar-refractivity contribution in [1.29, 1.82) is 0 Å². The maximum Gasteiger partial charge on any atom is 0.335 e. The number of carbonyl (C=O) groups is 1. The van der Waals surface area contributed by atoms with Crippen LogP contribution in [0.3, 0.4) is 0 Å². The van der Waals surface area contributed by atoms with Gasteiger partial charge in [0.25, 0.3) is 0 Å². The van der Waals surface area contributed by atoms with Crippen LogP contribution in [-0.2, 0) is 14.3 Å². The average molecular weight is 214 g/mol. The van der Waals surface area contributed by atoms with E-state index in [2.05, 4.69) is 6.92 Å². The highest BCUT2D eigenvalue weighted by Crippen LogP contribution is 2.26. The molecule has 0 spiro atoms. The molecule has 15 heavy (non-hydrogen) atoms. The van der Waals surface area contributed by atoms with E-state index in [0.717, 1.165) is 12.8 Å². The molecule has 0 bridgehead atoms. The number of rotatable bonds is 4. The van der Waals surface area contributed by atoms with Crippen LogP contribution in [0.2, 0.25) is 0 Å². The number of hydrogen-bond acceptors (Lipinski definition) is 3. The smallest absolute Gasteiger partial charge is 0.335 e. The largest absolute Gasteiger partial charge is 0.460 e. The summed E-state index contributed by atoms with van der Waals surface area (Å²) in [6, 6.07) is 0. The van der Waals surface area contributed by atoms with Gasteiger partial charge in [-0.25, -0.2) is 4.79 Å². The maximum atomic E-state index is 11.6. The summed E-state index contributed by atoms with van der Waals surface area (Å²) in [5, 5.41) is 0. The predicted octanol–water partition coefficient (Wildman–Crippen LogP) is 2.53. The van der Waals surface area contributed by atoms with Crippen LogP contribution in [0, 0.1) is 5.92 Å². The number of carbonyl (C=O) groups excluding carboxylic acids is 1. The summed E-state index contributed by atoms with van der Waals surface area (Å²) >= 11 is 0. The number of esters is 1. The summed E-state index contributed by atoms with van der Waals surface area (Å²) < 4.78 is 10.6. The molecule has 0 N–H and O–H groups in total. The Morgan fingerprint density at radius 3 is 2.80 bits per heavy atom. The molecule has 0 heterocycles. The molecular weight excluding hydrogens is 192 g/mol. The third-order valence-corrected chi connectivity index (χ3v) is 2.92. The minimum atomic E-state index is -0.424. The molecule has 0 aromatic heterocycles. The van der Waals surface area contributed by atoms with E-state index in [-0.39, 0.29) is 12.1 Å².